The molecule has 1 aliphatic heterocycles. The van der Waals surface area contributed by atoms with Gasteiger partial charge in [-0.05, 0) is 63.6 Å². The molecule has 1 amide bonds. The normalized spacial score (nSPS) is 21.4. The zero-order valence-corrected chi connectivity index (χ0v) is 20.1. The van der Waals surface area contributed by atoms with E-state index in [9.17, 15) is 9.90 Å². The number of carbonyl (C=O) groups excluding carboxylic acids is 1. The van der Waals surface area contributed by atoms with Crippen molar-refractivity contribution in [3.63, 3.8) is 0 Å². The maximum Gasteiger partial charge on any atom is 0.286 e. The van der Waals surface area contributed by atoms with E-state index in [1.54, 1.807) is 32.0 Å². The Balaban J connectivity index is 1.84. The van der Waals surface area contributed by atoms with Crippen LogP contribution in [0.5, 0.6) is 5.75 Å². The number of phenolic OH excluding ortho intramolecular Hbond substituents is 1. The summed E-state index contributed by atoms with van der Waals surface area (Å²) < 4.78 is 0. The van der Waals surface area contributed by atoms with Gasteiger partial charge in [0.1, 0.15) is 11.6 Å². The van der Waals surface area contributed by atoms with Crippen LogP contribution in [0.1, 0.15) is 31.4 Å². The Bertz CT molecular complexity index is 977. The predicted octanol–water partition coefficient (Wildman–Crippen LogP) is 2.33. The number of likely N-dealkylation sites (N-methyl/N-ethyl adjacent to an activating group) is 2. The van der Waals surface area contributed by atoms with Crippen molar-refractivity contribution < 1.29 is 9.90 Å². The van der Waals surface area contributed by atoms with Gasteiger partial charge in [-0.1, -0.05) is 18.2 Å². The highest BCUT2D eigenvalue weighted by Gasteiger charge is 2.38. The van der Waals surface area contributed by atoms with Crippen LogP contribution in [0.3, 0.4) is 0 Å². The highest BCUT2D eigenvalue weighted by Crippen LogP contribution is 2.30. The maximum atomic E-state index is 12.6. The van der Waals surface area contributed by atoms with Gasteiger partial charge in [-0.25, -0.2) is 0 Å². The van der Waals surface area contributed by atoms with Gasteiger partial charge in [0.05, 0.1) is 5.54 Å². The average Bonchev–Trinajstić information content (AvgIpc) is 2.79. The van der Waals surface area contributed by atoms with Crippen molar-refractivity contribution in [2.75, 3.05) is 46.3 Å². The summed E-state index contributed by atoms with van der Waals surface area (Å²) in [4.78, 5) is 18.9. The van der Waals surface area contributed by atoms with E-state index < -0.39 is 11.4 Å². The van der Waals surface area contributed by atoms with Crippen molar-refractivity contribution in [3.05, 3.63) is 53.1 Å². The van der Waals surface area contributed by atoms with Gasteiger partial charge in [0.15, 0.2) is 5.84 Å². The van der Waals surface area contributed by atoms with E-state index in [0.717, 1.165) is 32.7 Å². The molecule has 1 aliphatic carbocycles. The van der Waals surface area contributed by atoms with Crippen molar-refractivity contribution in [1.82, 2.24) is 20.0 Å². The van der Waals surface area contributed by atoms with Gasteiger partial charge in [0, 0.05) is 44.8 Å². The number of aryl methyl sites for hydroxylation is 1. The van der Waals surface area contributed by atoms with Crippen molar-refractivity contribution in [1.29, 1.82) is 10.8 Å². The van der Waals surface area contributed by atoms with Crippen LogP contribution in [-0.2, 0) is 4.79 Å². The molecule has 2 aliphatic rings. The molecule has 8 nitrogen and oxygen atoms in total. The molecule has 0 saturated carbocycles. The molecule has 0 spiro atoms. The molecule has 0 bridgehead atoms. The van der Waals surface area contributed by atoms with Crippen LogP contribution in [0.4, 0.5) is 0 Å². The maximum absolute atomic E-state index is 12.6. The van der Waals surface area contributed by atoms with Gasteiger partial charge in [-0.3, -0.25) is 25.4 Å². The number of aromatic hydroxyl groups is 1. The lowest BCUT2D eigenvalue weighted by molar-refractivity contribution is -0.115. The monoisotopic (exact) mass is 452 g/mol. The Morgan fingerprint density at radius 1 is 1.24 bits per heavy atom. The summed E-state index contributed by atoms with van der Waals surface area (Å²) in [5, 5.41) is 30.1. The molecule has 33 heavy (non-hydrogen) atoms. The van der Waals surface area contributed by atoms with Crippen molar-refractivity contribution in [2.45, 2.75) is 32.7 Å². The molecule has 178 valence electrons. The molecule has 1 aromatic carbocycles. The van der Waals surface area contributed by atoms with Crippen LogP contribution in [0, 0.1) is 17.7 Å². The summed E-state index contributed by atoms with van der Waals surface area (Å²) in [7, 11) is 2.14. The quantitative estimate of drug-likeness (QED) is 0.405. The van der Waals surface area contributed by atoms with Crippen molar-refractivity contribution in [3.8, 4) is 5.75 Å². The van der Waals surface area contributed by atoms with Gasteiger partial charge >= 0.3 is 0 Å². The summed E-state index contributed by atoms with van der Waals surface area (Å²) in [5.74, 6) is -0.579. The Morgan fingerprint density at radius 3 is 2.52 bits per heavy atom. The first-order chi connectivity index (χ1) is 15.6. The number of amidine groups is 2. The van der Waals surface area contributed by atoms with E-state index in [-0.39, 0.29) is 17.4 Å². The number of piperazine rings is 1. The van der Waals surface area contributed by atoms with Crippen LogP contribution in [-0.4, -0.2) is 89.2 Å². The first kappa shape index (κ1) is 24.7. The highest BCUT2D eigenvalue weighted by atomic mass is 16.3. The summed E-state index contributed by atoms with van der Waals surface area (Å²) >= 11 is 0. The third kappa shape index (κ3) is 5.69. The van der Waals surface area contributed by atoms with Crippen LogP contribution in [0.25, 0.3) is 0 Å². The fourth-order valence-electron chi connectivity index (χ4n) is 4.21. The lowest BCUT2D eigenvalue weighted by Crippen LogP contribution is -2.56. The molecule has 1 atom stereocenters. The molecule has 1 aromatic rings. The molecular formula is C25H36N6O2. The third-order valence-corrected chi connectivity index (χ3v) is 6.42. The second-order valence-electron chi connectivity index (χ2n) is 9.15. The van der Waals surface area contributed by atoms with Crippen molar-refractivity contribution >= 4 is 17.6 Å². The summed E-state index contributed by atoms with van der Waals surface area (Å²) in [6.07, 6.45) is 6.81. The number of nitrogens with zero attached hydrogens (tertiary/aromatic N) is 3. The van der Waals surface area contributed by atoms with Gasteiger partial charge in [0.2, 0.25) is 0 Å². The Hall–Kier alpha value is -2.97. The smallest absolute Gasteiger partial charge is 0.286 e. The molecule has 4 N–H and O–H groups in total. The third-order valence-electron chi connectivity index (χ3n) is 6.42. The van der Waals surface area contributed by atoms with Gasteiger partial charge in [0.25, 0.3) is 5.91 Å². The van der Waals surface area contributed by atoms with Crippen molar-refractivity contribution in [2.24, 2.45) is 0 Å². The summed E-state index contributed by atoms with van der Waals surface area (Å²) in [5.41, 5.74) is 1.66. The second kappa shape index (κ2) is 10.3. The Morgan fingerprint density at radius 2 is 1.94 bits per heavy atom. The Labute approximate surface area is 196 Å². The molecule has 8 heteroatoms. The highest BCUT2D eigenvalue weighted by molar-refractivity contribution is 6.40. The van der Waals surface area contributed by atoms with Crippen LogP contribution >= 0.6 is 0 Å². The predicted molar refractivity (Wildman–Crippen MR) is 132 cm³/mol. The number of amides is 1. The second-order valence-corrected chi connectivity index (χ2v) is 9.15. The standard InChI is InChI=1S/C25H36N6O2/c1-5-28-24(33)23(27)31(22(26)20-6-7-21(32)18(2)16-20)25(3)10-8-19(9-11-25)17-30-14-12-29(4)13-15-30/h6-10,16,26-27,32H,5,11-15,17H2,1-4H3,(H,28,33). The first-order valence-electron chi connectivity index (χ1n) is 11.5. The van der Waals surface area contributed by atoms with E-state index in [0.29, 0.717) is 24.1 Å². The average molecular weight is 453 g/mol. The summed E-state index contributed by atoms with van der Waals surface area (Å²) in [6, 6.07) is 4.90. The van der Waals surface area contributed by atoms with E-state index >= 15 is 0 Å². The van der Waals surface area contributed by atoms with Gasteiger partial charge in [-0.15, -0.1) is 0 Å². The van der Waals surface area contributed by atoms with Gasteiger partial charge in [-0.2, -0.15) is 0 Å². The first-order valence-corrected chi connectivity index (χ1v) is 11.5. The van der Waals surface area contributed by atoms with E-state index in [4.69, 9.17) is 10.8 Å². The number of hydrogen-bond donors (Lipinski definition) is 4. The minimum absolute atomic E-state index is 0.0532. The molecule has 1 unspecified atom stereocenters. The fraction of sp³-hybridized carbons (Fsp3) is 0.480. The molecule has 1 saturated heterocycles. The molecule has 0 radical (unpaired) electrons. The molecular weight excluding hydrogens is 416 g/mol. The fourth-order valence-corrected chi connectivity index (χ4v) is 4.21. The van der Waals surface area contributed by atoms with E-state index in [1.807, 2.05) is 13.0 Å². The lowest BCUT2D eigenvalue weighted by atomic mass is 9.87. The number of carbonyl (C=O) groups is 1. The SMILES string of the molecule is CCNC(=O)C(=N)N(C(=N)c1ccc(O)c(C)c1)C1(C)C=CC(CN2CCN(C)CC2)=CC1. The zero-order chi connectivity index (χ0) is 24.2. The number of phenols is 1. The van der Waals surface area contributed by atoms with E-state index in [2.05, 4.69) is 34.3 Å². The Kier molecular flexibility index (Phi) is 7.71. The largest absolute Gasteiger partial charge is 0.508 e. The van der Waals surface area contributed by atoms with E-state index in [1.165, 1.54) is 10.5 Å². The van der Waals surface area contributed by atoms with Crippen LogP contribution in [0.2, 0.25) is 0 Å². The number of nitrogens with one attached hydrogen (secondary N) is 3. The number of hydrogen-bond acceptors (Lipinski definition) is 6. The topological polar surface area (TPSA) is 107 Å². The molecule has 3 rings (SSSR count). The van der Waals surface area contributed by atoms with Crippen LogP contribution in [0.15, 0.2) is 42.0 Å². The van der Waals surface area contributed by atoms with Crippen LogP contribution < -0.4 is 5.32 Å². The minimum atomic E-state index is -0.739. The number of rotatable bonds is 5. The number of benzene rings is 1. The minimum Gasteiger partial charge on any atom is -0.508 e. The molecule has 0 aromatic heterocycles. The zero-order valence-electron chi connectivity index (χ0n) is 20.1. The lowest BCUT2D eigenvalue weighted by Gasteiger charge is -2.42. The molecule has 1 heterocycles. The summed E-state index contributed by atoms with van der Waals surface area (Å²) in [6.45, 7) is 11.0. The van der Waals surface area contributed by atoms with Gasteiger partial charge < -0.3 is 15.3 Å². The molecule has 1 fully saturated rings.